The minimum Gasteiger partial charge on any atom is -0.484 e. The number of carbonyl (C=O) groups is 3. The first kappa shape index (κ1) is 15.8. The number of rotatable bonds is 8. The summed E-state index contributed by atoms with van der Waals surface area (Å²) in [7, 11) is 0. The number of benzene rings is 1. The van der Waals surface area contributed by atoms with Gasteiger partial charge in [0.15, 0.2) is 6.61 Å². The van der Waals surface area contributed by atoms with E-state index < -0.39 is 11.9 Å². The van der Waals surface area contributed by atoms with Crippen LogP contribution < -0.4 is 15.8 Å². The molecule has 1 rings (SSSR count). The number of carboxylic acid groups (broad SMARTS) is 1. The Labute approximate surface area is 119 Å². The maximum Gasteiger partial charge on any atom is 0.313 e. The third-order valence-electron chi connectivity index (χ3n) is 1.98. The van der Waals surface area contributed by atoms with Gasteiger partial charge in [0.05, 0.1) is 11.5 Å². The van der Waals surface area contributed by atoms with Crippen LogP contribution in [0.25, 0.3) is 0 Å². The second kappa shape index (κ2) is 8.05. The SMILES string of the molecule is NC(=O)COc1ccc(NC(=O)CSCC(=O)O)cc1. The molecule has 0 bridgehead atoms. The molecule has 0 fully saturated rings. The lowest BCUT2D eigenvalue weighted by Gasteiger charge is -2.07. The fourth-order valence-corrected chi connectivity index (χ4v) is 1.75. The topological polar surface area (TPSA) is 119 Å². The van der Waals surface area contributed by atoms with Crippen molar-refractivity contribution in [2.45, 2.75) is 0 Å². The molecule has 0 aliphatic heterocycles. The standard InChI is InChI=1S/C12H14N2O5S/c13-10(15)5-19-9-3-1-8(2-4-9)14-11(16)6-20-7-12(17)18/h1-4H,5-7H2,(H2,13,15)(H,14,16)(H,17,18). The van der Waals surface area contributed by atoms with Crippen LogP contribution in [0, 0.1) is 0 Å². The van der Waals surface area contributed by atoms with Crippen LogP contribution in [-0.2, 0) is 14.4 Å². The van der Waals surface area contributed by atoms with Gasteiger partial charge in [0.2, 0.25) is 5.91 Å². The Balaban J connectivity index is 2.38. The van der Waals surface area contributed by atoms with E-state index in [1.165, 1.54) is 0 Å². The molecule has 7 nitrogen and oxygen atoms in total. The van der Waals surface area contributed by atoms with Crippen LogP contribution in [0.5, 0.6) is 5.75 Å². The van der Waals surface area contributed by atoms with E-state index in [0.717, 1.165) is 11.8 Å². The van der Waals surface area contributed by atoms with Gasteiger partial charge in [0, 0.05) is 5.69 Å². The van der Waals surface area contributed by atoms with Crippen LogP contribution >= 0.6 is 11.8 Å². The van der Waals surface area contributed by atoms with Gasteiger partial charge in [0.1, 0.15) is 5.75 Å². The van der Waals surface area contributed by atoms with Crippen molar-refractivity contribution < 1.29 is 24.2 Å². The number of carbonyl (C=O) groups excluding carboxylic acids is 2. The van der Waals surface area contributed by atoms with Gasteiger partial charge in [-0.05, 0) is 24.3 Å². The Morgan fingerprint density at radius 3 is 2.40 bits per heavy atom. The molecule has 108 valence electrons. The summed E-state index contributed by atoms with van der Waals surface area (Å²) in [6.45, 7) is -0.211. The molecule has 0 unspecified atom stereocenters. The molecule has 0 aliphatic rings. The van der Waals surface area contributed by atoms with Crippen molar-refractivity contribution >= 4 is 35.2 Å². The average Bonchev–Trinajstić information content (AvgIpc) is 2.37. The molecule has 0 spiro atoms. The number of nitrogens with one attached hydrogen (secondary N) is 1. The van der Waals surface area contributed by atoms with E-state index in [4.69, 9.17) is 15.6 Å². The monoisotopic (exact) mass is 298 g/mol. The molecule has 0 aliphatic carbocycles. The number of nitrogens with two attached hydrogens (primary N) is 1. The van der Waals surface area contributed by atoms with Crippen molar-refractivity contribution in [2.75, 3.05) is 23.4 Å². The van der Waals surface area contributed by atoms with E-state index in [0.29, 0.717) is 11.4 Å². The first-order chi connectivity index (χ1) is 9.47. The molecule has 0 atom stereocenters. The Hall–Kier alpha value is -2.22. The van der Waals surface area contributed by atoms with Gasteiger partial charge in [-0.25, -0.2) is 0 Å². The highest BCUT2D eigenvalue weighted by Gasteiger charge is 2.05. The molecular formula is C12H14N2O5S. The number of amides is 2. The van der Waals surface area contributed by atoms with Gasteiger partial charge < -0.3 is 20.9 Å². The molecule has 2 amide bonds. The molecule has 0 aromatic heterocycles. The second-order valence-electron chi connectivity index (χ2n) is 3.71. The van der Waals surface area contributed by atoms with Crippen LogP contribution in [0.1, 0.15) is 0 Å². The lowest BCUT2D eigenvalue weighted by Crippen LogP contribution is -2.20. The van der Waals surface area contributed by atoms with E-state index in [1.54, 1.807) is 24.3 Å². The van der Waals surface area contributed by atoms with Gasteiger partial charge in [-0.1, -0.05) is 0 Å². The molecule has 0 radical (unpaired) electrons. The fourth-order valence-electron chi connectivity index (χ4n) is 1.22. The number of ether oxygens (including phenoxy) is 1. The summed E-state index contributed by atoms with van der Waals surface area (Å²) in [6.07, 6.45) is 0. The smallest absolute Gasteiger partial charge is 0.313 e. The molecule has 0 saturated heterocycles. The van der Waals surface area contributed by atoms with Gasteiger partial charge in [0.25, 0.3) is 5.91 Å². The lowest BCUT2D eigenvalue weighted by atomic mass is 10.3. The zero-order valence-corrected chi connectivity index (χ0v) is 11.3. The number of primary amides is 1. The van der Waals surface area contributed by atoms with Crippen LogP contribution in [0.4, 0.5) is 5.69 Å². The molecule has 1 aromatic carbocycles. The zero-order chi connectivity index (χ0) is 15.0. The Morgan fingerprint density at radius 1 is 1.20 bits per heavy atom. The predicted molar refractivity (Wildman–Crippen MR) is 74.7 cm³/mol. The minimum absolute atomic E-state index is 0.0617. The van der Waals surface area contributed by atoms with Crippen LogP contribution in [0.3, 0.4) is 0 Å². The zero-order valence-electron chi connectivity index (χ0n) is 10.5. The predicted octanol–water partition coefficient (Wildman–Crippen LogP) is 0.307. The molecule has 4 N–H and O–H groups in total. The maximum atomic E-state index is 11.5. The van der Waals surface area contributed by atoms with E-state index in [2.05, 4.69) is 5.32 Å². The van der Waals surface area contributed by atoms with E-state index in [9.17, 15) is 14.4 Å². The summed E-state index contributed by atoms with van der Waals surface area (Å²) < 4.78 is 5.06. The number of anilines is 1. The lowest BCUT2D eigenvalue weighted by molar-refractivity contribution is -0.133. The van der Waals surface area contributed by atoms with E-state index in [-0.39, 0.29) is 24.0 Å². The molecular weight excluding hydrogens is 284 g/mol. The minimum atomic E-state index is -0.959. The first-order valence-corrected chi connectivity index (χ1v) is 6.73. The number of aliphatic carboxylic acids is 1. The van der Waals surface area contributed by atoms with E-state index in [1.807, 2.05) is 0 Å². The van der Waals surface area contributed by atoms with E-state index >= 15 is 0 Å². The summed E-state index contributed by atoms with van der Waals surface area (Å²) in [5.41, 5.74) is 5.49. The summed E-state index contributed by atoms with van der Waals surface area (Å²) in [5.74, 6) is -1.42. The summed E-state index contributed by atoms with van der Waals surface area (Å²) in [6, 6.07) is 6.39. The van der Waals surface area contributed by atoms with Crippen LogP contribution in [0.2, 0.25) is 0 Å². The molecule has 0 heterocycles. The number of hydrogen-bond donors (Lipinski definition) is 3. The Kier molecular flexibility index (Phi) is 6.38. The second-order valence-corrected chi connectivity index (χ2v) is 4.70. The quantitative estimate of drug-likeness (QED) is 0.635. The van der Waals surface area contributed by atoms with Crippen molar-refractivity contribution in [1.82, 2.24) is 0 Å². The summed E-state index contributed by atoms with van der Waals surface area (Å²) >= 11 is 1.02. The Morgan fingerprint density at radius 2 is 1.85 bits per heavy atom. The average molecular weight is 298 g/mol. The van der Waals surface area contributed by atoms with Gasteiger partial charge >= 0.3 is 5.97 Å². The molecule has 8 heteroatoms. The third-order valence-corrected chi connectivity index (χ3v) is 2.90. The van der Waals surface area contributed by atoms with Gasteiger partial charge in [-0.3, -0.25) is 14.4 Å². The van der Waals surface area contributed by atoms with Gasteiger partial charge in [-0.15, -0.1) is 11.8 Å². The number of hydrogen-bond acceptors (Lipinski definition) is 5. The highest BCUT2D eigenvalue weighted by atomic mass is 32.2. The van der Waals surface area contributed by atoms with Crippen molar-refractivity contribution in [3.63, 3.8) is 0 Å². The van der Waals surface area contributed by atoms with Crippen LogP contribution in [0.15, 0.2) is 24.3 Å². The number of thioether (sulfide) groups is 1. The highest BCUT2D eigenvalue weighted by molar-refractivity contribution is 8.00. The summed E-state index contributed by atoms with van der Waals surface area (Å²) in [5, 5.41) is 11.0. The highest BCUT2D eigenvalue weighted by Crippen LogP contribution is 2.15. The molecule has 1 aromatic rings. The van der Waals surface area contributed by atoms with Crippen molar-refractivity contribution in [3.05, 3.63) is 24.3 Å². The van der Waals surface area contributed by atoms with Crippen molar-refractivity contribution in [3.8, 4) is 5.75 Å². The first-order valence-electron chi connectivity index (χ1n) is 5.58. The largest absolute Gasteiger partial charge is 0.484 e. The fraction of sp³-hybridized carbons (Fsp3) is 0.250. The normalized spacial score (nSPS) is 9.80. The van der Waals surface area contributed by atoms with Crippen molar-refractivity contribution in [1.29, 1.82) is 0 Å². The van der Waals surface area contributed by atoms with Gasteiger partial charge in [-0.2, -0.15) is 0 Å². The molecule has 0 saturated carbocycles. The van der Waals surface area contributed by atoms with Crippen molar-refractivity contribution in [2.24, 2.45) is 5.73 Å². The summed E-state index contributed by atoms with van der Waals surface area (Å²) in [4.78, 5) is 32.3. The maximum absolute atomic E-state index is 11.5. The third kappa shape index (κ3) is 6.64. The van der Waals surface area contributed by atoms with Crippen LogP contribution in [-0.4, -0.2) is 41.0 Å². The number of carboxylic acids is 1. The Bertz CT molecular complexity index is 489. The molecule has 20 heavy (non-hydrogen) atoms.